The van der Waals surface area contributed by atoms with E-state index in [2.05, 4.69) is 122 Å². The smallest absolute Gasteiger partial charge is 0.311 e. The first-order valence-corrected chi connectivity index (χ1v) is 48.7. The second-order valence-corrected chi connectivity index (χ2v) is 42.0. The molecule has 25 nitrogen and oxygen atoms in total. The molecule has 754 valence electrons. The normalized spacial score (nSPS) is 15.0. The van der Waals surface area contributed by atoms with Crippen molar-refractivity contribution >= 4 is 59.3 Å². The Kier molecular flexibility index (Phi) is 52.0. The summed E-state index contributed by atoms with van der Waals surface area (Å²) in [4.78, 5) is 141. The molecule has 0 aliphatic carbocycles. The molecule has 0 spiro atoms. The quantitative estimate of drug-likeness (QED) is 0.0198. The number of nitrogens with zero attached hydrogens (tertiary/aromatic N) is 7. The van der Waals surface area contributed by atoms with Gasteiger partial charge in [-0.25, -0.2) is 15.0 Å². The summed E-state index contributed by atoms with van der Waals surface area (Å²) in [5, 5.41) is 0. The summed E-state index contributed by atoms with van der Waals surface area (Å²) < 4.78 is 49.4. The lowest BCUT2D eigenvalue weighted by molar-refractivity contribution is -0.166. The zero-order valence-corrected chi connectivity index (χ0v) is 87.6. The molecule has 0 fully saturated rings. The van der Waals surface area contributed by atoms with Crippen LogP contribution in [0.1, 0.15) is 378 Å². The fourth-order valence-electron chi connectivity index (χ4n) is 15.4. The number of ether oxygens (including phenoxy) is 8. The van der Waals surface area contributed by atoms with Gasteiger partial charge >= 0.3 is 47.8 Å². The van der Waals surface area contributed by atoms with Crippen LogP contribution in [0.2, 0.25) is 0 Å². The zero-order chi connectivity index (χ0) is 101. The molecule has 3 heterocycles. The lowest BCUT2D eigenvalue weighted by Gasteiger charge is -2.35. The molecule has 3 aromatic heterocycles. The highest BCUT2D eigenvalue weighted by Crippen LogP contribution is 2.45. The highest BCUT2D eigenvalue weighted by molar-refractivity contribution is 5.86. The number of carbonyl (C=O) groups is 10. The Hall–Kier alpha value is -8.87. The van der Waals surface area contributed by atoms with E-state index in [4.69, 9.17) is 37.9 Å². The molecule has 25 heteroatoms. The molecule has 0 saturated carbocycles. The number of ketones is 2. The standard InChI is InChI=1S/C29H40N2.C27H49NO7.C26H44N2O6.C25H42N2O5.CH4/c1-7-28(4,5)25-14-16-26(17-15-25)29(6,8-2)21-27(31-19-18-30-22-31)20-23(3)24-12-10-9-11-13-24;1-11-21(29)26(6,7)18-20(22(30)33-15-14-28(9)10)19-27(8,13-3)24(32)35-17-16-34-23(31)25(4,5)12-2;1-9-14-32-22(30)25(6,7)17-20(28-13-12-27-19-28)18-26(8,11-3)23(31)34-16-15-33-21(29)24(4,5)10-2;1-9-20(28)24(6,7)16-19(27-13-12-26-18-27)17-25(8,11-3)22(30)32-15-14-31-21(29)23(4,5)10-2;/h9-19,22-23,27H,7-8,20-21H2,1-6H3;20H,11-19H2,1-10H3;12-13,19-20H,9-11,14-18H2,1-8H3;12-13,18-19H,9-11,14-17H2,1-8H3;1H4. The summed E-state index contributed by atoms with van der Waals surface area (Å²) >= 11 is 0. The second-order valence-electron chi connectivity index (χ2n) is 42.0. The van der Waals surface area contributed by atoms with Gasteiger partial charge in [0.15, 0.2) is 0 Å². The SMILES string of the molecule is C.CCC(=O)C(C)(C)CC(CC(C)(CC)C(=O)OCCOC(=O)C(C)(C)CC)C(=O)OCCN(C)C.CCC(=O)C(C)(C)CC(CC(C)(CC)C(=O)OCCOC(=O)C(C)(C)CC)n1ccnc1.CCC(C)(C)c1ccc(C(C)(CC)CC(CC(C)c2ccccc2)n2ccnc2)cc1.CCCOC(=O)C(C)(C)CC(CC(C)(CC)C(=O)OCCOC(=O)C(C)(C)CC)n1ccnc1. The summed E-state index contributed by atoms with van der Waals surface area (Å²) in [5.41, 5.74) is -1.52. The fourth-order valence-corrected chi connectivity index (χ4v) is 15.4. The van der Waals surface area contributed by atoms with Crippen molar-refractivity contribution in [2.24, 2.45) is 54.7 Å². The average molecular weight is 1860 g/mol. The predicted molar refractivity (Wildman–Crippen MR) is 529 cm³/mol. The Morgan fingerprint density at radius 2 is 0.684 bits per heavy atom. The maximum atomic E-state index is 13.1. The van der Waals surface area contributed by atoms with E-state index in [0.717, 1.165) is 32.1 Å². The maximum absolute atomic E-state index is 13.1. The number of Topliss-reactive ketones (excluding diaryl/α,β-unsaturated/α-hetero) is 2. The Bertz CT molecular complexity index is 4240. The molecule has 0 bridgehead atoms. The summed E-state index contributed by atoms with van der Waals surface area (Å²) in [7, 11) is 3.78. The van der Waals surface area contributed by atoms with Crippen molar-refractivity contribution in [3.05, 3.63) is 127 Å². The minimum Gasteiger partial charge on any atom is -0.465 e. The molecule has 5 rings (SSSR count). The van der Waals surface area contributed by atoms with E-state index >= 15 is 0 Å². The first-order valence-electron chi connectivity index (χ1n) is 48.7. The van der Waals surface area contributed by atoms with E-state index in [0.29, 0.717) is 102 Å². The van der Waals surface area contributed by atoms with Gasteiger partial charge in [-0.1, -0.05) is 194 Å². The Labute approximate surface area is 802 Å². The van der Waals surface area contributed by atoms with Gasteiger partial charge in [0.2, 0.25) is 0 Å². The van der Waals surface area contributed by atoms with Crippen molar-refractivity contribution in [1.82, 2.24) is 33.6 Å². The van der Waals surface area contributed by atoms with Crippen LogP contribution in [-0.2, 0) is 96.7 Å². The molecule has 0 amide bonds. The van der Waals surface area contributed by atoms with E-state index in [1.54, 1.807) is 52.7 Å². The van der Waals surface area contributed by atoms with Crippen LogP contribution in [0.15, 0.2) is 111 Å². The summed E-state index contributed by atoms with van der Waals surface area (Å²) in [6.45, 7) is 60.1. The summed E-state index contributed by atoms with van der Waals surface area (Å²) in [6.07, 6.45) is 28.8. The van der Waals surface area contributed by atoms with Crippen molar-refractivity contribution in [2.75, 3.05) is 73.5 Å². The van der Waals surface area contributed by atoms with Crippen LogP contribution in [-0.4, -0.2) is 166 Å². The number of benzene rings is 2. The third-order valence-electron chi connectivity index (χ3n) is 27.9. The molecule has 133 heavy (non-hydrogen) atoms. The van der Waals surface area contributed by atoms with Crippen molar-refractivity contribution < 1.29 is 85.8 Å². The third-order valence-corrected chi connectivity index (χ3v) is 27.9. The molecule has 9 atom stereocenters. The van der Waals surface area contributed by atoms with Crippen LogP contribution in [0.3, 0.4) is 0 Å². The molecule has 0 saturated heterocycles. The minimum atomic E-state index is -0.955. The fraction of sp³-hybridized carbons (Fsp3) is 0.713. The van der Waals surface area contributed by atoms with E-state index in [1.807, 2.05) is 192 Å². The molecule has 0 aliphatic heterocycles. The number of likely N-dealkylation sites (N-methyl/N-ethyl adjacent to an activating group) is 1. The van der Waals surface area contributed by atoms with Crippen molar-refractivity contribution in [3.63, 3.8) is 0 Å². The number of aromatic nitrogens is 6. The highest BCUT2D eigenvalue weighted by Gasteiger charge is 2.45. The van der Waals surface area contributed by atoms with E-state index in [9.17, 15) is 47.9 Å². The highest BCUT2D eigenvalue weighted by atomic mass is 16.6. The van der Waals surface area contributed by atoms with Crippen LogP contribution in [0.25, 0.3) is 0 Å². The van der Waals surface area contributed by atoms with Crippen LogP contribution in [0.5, 0.6) is 0 Å². The lowest BCUT2D eigenvalue weighted by Crippen LogP contribution is -2.38. The third kappa shape index (κ3) is 39.4. The monoisotopic (exact) mass is 1860 g/mol. The number of imidazole rings is 3. The zero-order valence-electron chi connectivity index (χ0n) is 87.6. The second kappa shape index (κ2) is 56.6. The van der Waals surface area contributed by atoms with Gasteiger partial charge in [-0.15, -0.1) is 0 Å². The Morgan fingerprint density at radius 1 is 0.346 bits per heavy atom. The minimum absolute atomic E-state index is 0. The van der Waals surface area contributed by atoms with Crippen molar-refractivity contribution in [3.8, 4) is 0 Å². The summed E-state index contributed by atoms with van der Waals surface area (Å²) in [6, 6.07) is 20.5. The van der Waals surface area contributed by atoms with Gasteiger partial charge in [0, 0.05) is 85.5 Å². The average Bonchev–Trinajstić information content (AvgIpc) is 1.72. The van der Waals surface area contributed by atoms with Gasteiger partial charge in [-0.05, 0) is 233 Å². The number of hydrogen-bond donors (Lipinski definition) is 0. The largest absolute Gasteiger partial charge is 0.465 e. The predicted octanol–water partition coefficient (Wildman–Crippen LogP) is 23.4. The van der Waals surface area contributed by atoms with Gasteiger partial charge in [0.05, 0.1) is 69.4 Å². The Balaban J connectivity index is 0.000000885. The number of esters is 8. The van der Waals surface area contributed by atoms with Gasteiger partial charge < -0.3 is 56.5 Å². The molecule has 9 unspecified atom stereocenters. The van der Waals surface area contributed by atoms with Gasteiger partial charge in [-0.3, -0.25) is 47.9 Å². The molecule has 2 aromatic carbocycles. The molecule has 0 aliphatic rings. The molecule has 5 aromatic rings. The van der Waals surface area contributed by atoms with Gasteiger partial charge in [-0.2, -0.15) is 0 Å². The van der Waals surface area contributed by atoms with Crippen LogP contribution in [0, 0.1) is 54.7 Å². The first kappa shape index (κ1) is 122. The van der Waals surface area contributed by atoms with E-state index < -0.39 is 66.6 Å². The summed E-state index contributed by atoms with van der Waals surface area (Å²) in [5.74, 6) is -2.61. The lowest BCUT2D eigenvalue weighted by atomic mass is 9.71. The van der Waals surface area contributed by atoms with Crippen molar-refractivity contribution in [1.29, 1.82) is 0 Å². The van der Waals surface area contributed by atoms with Crippen LogP contribution >= 0.6 is 0 Å². The molecule has 0 radical (unpaired) electrons. The topological polar surface area (TPSA) is 301 Å². The van der Waals surface area contributed by atoms with Crippen molar-refractivity contribution in [2.45, 2.75) is 372 Å². The first-order chi connectivity index (χ1) is 61.5. The number of carbonyl (C=O) groups excluding carboxylic acids is 10. The Morgan fingerprint density at radius 3 is 1.02 bits per heavy atom. The maximum Gasteiger partial charge on any atom is 0.311 e. The van der Waals surface area contributed by atoms with Crippen LogP contribution < -0.4 is 0 Å². The van der Waals surface area contributed by atoms with Crippen LogP contribution in [0.4, 0.5) is 0 Å². The number of rotatable bonds is 56. The van der Waals surface area contributed by atoms with E-state index in [-0.39, 0.29) is 137 Å². The molecule has 0 N–H and O–H groups in total. The molecular weight excluding hydrogens is 1680 g/mol. The molecular formula is C108H179N7O18. The number of hydrogen-bond acceptors (Lipinski definition) is 22. The van der Waals surface area contributed by atoms with Gasteiger partial charge in [0.1, 0.15) is 57.8 Å². The van der Waals surface area contributed by atoms with Gasteiger partial charge in [0.25, 0.3) is 0 Å². The van der Waals surface area contributed by atoms with E-state index in [1.165, 1.54) is 16.7 Å².